The van der Waals surface area contributed by atoms with Gasteiger partial charge in [0.25, 0.3) is 0 Å². The number of benzene rings is 1. The van der Waals surface area contributed by atoms with Crippen LogP contribution in [0.2, 0.25) is 0 Å². The van der Waals surface area contributed by atoms with E-state index in [2.05, 4.69) is 23.5 Å². The second-order valence-electron chi connectivity index (χ2n) is 5.50. The van der Waals surface area contributed by atoms with Gasteiger partial charge < -0.3 is 4.90 Å². The molecule has 5 heteroatoms. The topological polar surface area (TPSA) is 49.4 Å². The van der Waals surface area contributed by atoms with E-state index in [0.29, 0.717) is 4.90 Å². The highest BCUT2D eigenvalue weighted by atomic mass is 32.2. The van der Waals surface area contributed by atoms with Crippen molar-refractivity contribution in [3.63, 3.8) is 0 Å². The van der Waals surface area contributed by atoms with Crippen molar-refractivity contribution < 1.29 is 8.42 Å². The summed E-state index contributed by atoms with van der Waals surface area (Å²) < 4.78 is 27.2. The van der Waals surface area contributed by atoms with Gasteiger partial charge in [0.05, 0.1) is 4.90 Å². The van der Waals surface area contributed by atoms with E-state index in [1.54, 1.807) is 12.1 Å². The van der Waals surface area contributed by atoms with Gasteiger partial charge in [-0.25, -0.2) is 13.1 Å². The molecule has 0 amide bonds. The number of hydrogen-bond acceptors (Lipinski definition) is 3. The molecule has 1 rings (SSSR count). The van der Waals surface area contributed by atoms with Crippen molar-refractivity contribution in [2.45, 2.75) is 51.5 Å². The van der Waals surface area contributed by atoms with Crippen LogP contribution in [0.15, 0.2) is 29.2 Å². The van der Waals surface area contributed by atoms with Crippen LogP contribution in [-0.4, -0.2) is 39.0 Å². The van der Waals surface area contributed by atoms with Crippen molar-refractivity contribution in [2.75, 3.05) is 19.6 Å². The molecule has 21 heavy (non-hydrogen) atoms. The number of aryl methyl sites for hydroxylation is 1. The number of hydrogen-bond donors (Lipinski definition) is 1. The van der Waals surface area contributed by atoms with Gasteiger partial charge in [0.2, 0.25) is 10.0 Å². The number of sulfonamides is 1. The average Bonchev–Trinajstić information content (AvgIpc) is 2.43. The highest BCUT2D eigenvalue weighted by molar-refractivity contribution is 7.89. The first-order valence-electron chi connectivity index (χ1n) is 7.70. The highest BCUT2D eigenvalue weighted by Gasteiger charge is 2.16. The minimum Gasteiger partial charge on any atom is -0.304 e. The Balaban J connectivity index is 2.49. The monoisotopic (exact) mass is 312 g/mol. The van der Waals surface area contributed by atoms with Crippen molar-refractivity contribution >= 4 is 10.0 Å². The molecule has 0 saturated carbocycles. The summed E-state index contributed by atoms with van der Waals surface area (Å²) in [4.78, 5) is 2.69. The van der Waals surface area contributed by atoms with Crippen molar-refractivity contribution in [3.05, 3.63) is 29.8 Å². The maximum Gasteiger partial charge on any atom is 0.240 e. The summed E-state index contributed by atoms with van der Waals surface area (Å²) in [5.74, 6) is 0. The van der Waals surface area contributed by atoms with E-state index in [-0.39, 0.29) is 6.04 Å². The van der Waals surface area contributed by atoms with E-state index in [9.17, 15) is 8.42 Å². The first-order chi connectivity index (χ1) is 9.89. The van der Waals surface area contributed by atoms with Crippen LogP contribution in [0.4, 0.5) is 0 Å². The average molecular weight is 312 g/mol. The Bertz CT molecular complexity index is 508. The van der Waals surface area contributed by atoms with Crippen LogP contribution in [0.1, 0.15) is 39.2 Å². The molecule has 0 heterocycles. The van der Waals surface area contributed by atoms with Gasteiger partial charge in [-0.05, 0) is 58.5 Å². The summed E-state index contributed by atoms with van der Waals surface area (Å²) in [7, 11) is -3.40. The maximum absolute atomic E-state index is 12.2. The molecule has 0 radical (unpaired) electrons. The fourth-order valence-corrected chi connectivity index (χ4v) is 3.55. The van der Waals surface area contributed by atoms with E-state index in [1.165, 1.54) is 0 Å². The molecule has 0 saturated heterocycles. The zero-order chi connectivity index (χ0) is 15.9. The van der Waals surface area contributed by atoms with E-state index in [0.717, 1.165) is 38.0 Å². The minimum absolute atomic E-state index is 0.0492. The summed E-state index contributed by atoms with van der Waals surface area (Å²) >= 11 is 0. The van der Waals surface area contributed by atoms with Crippen LogP contribution < -0.4 is 4.72 Å². The minimum atomic E-state index is -3.40. The van der Waals surface area contributed by atoms with Gasteiger partial charge in [-0.3, -0.25) is 0 Å². The molecule has 1 atom stereocenters. The predicted octanol–water partition coefficient (Wildman–Crippen LogP) is 2.78. The van der Waals surface area contributed by atoms with Crippen LogP contribution in [0.5, 0.6) is 0 Å². The SMILES string of the molecule is CCN(CC)CCC[C@@H](C)NS(=O)(=O)c1ccc(C)cc1. The summed E-state index contributed by atoms with van der Waals surface area (Å²) in [6, 6.07) is 6.90. The first kappa shape index (κ1) is 18.1. The first-order valence-corrected chi connectivity index (χ1v) is 9.18. The maximum atomic E-state index is 12.2. The van der Waals surface area contributed by atoms with Gasteiger partial charge in [0.1, 0.15) is 0 Å². The third-order valence-corrected chi connectivity index (χ3v) is 5.30. The quantitative estimate of drug-likeness (QED) is 0.763. The number of nitrogens with zero attached hydrogens (tertiary/aromatic N) is 1. The molecule has 0 aliphatic carbocycles. The smallest absolute Gasteiger partial charge is 0.240 e. The van der Waals surface area contributed by atoms with Gasteiger partial charge in [0.15, 0.2) is 0 Å². The molecule has 1 N–H and O–H groups in total. The third-order valence-electron chi connectivity index (χ3n) is 3.69. The molecule has 4 nitrogen and oxygen atoms in total. The second-order valence-corrected chi connectivity index (χ2v) is 7.22. The van der Waals surface area contributed by atoms with Gasteiger partial charge in [-0.2, -0.15) is 0 Å². The lowest BCUT2D eigenvalue weighted by atomic mass is 10.2. The highest BCUT2D eigenvalue weighted by Crippen LogP contribution is 2.11. The summed E-state index contributed by atoms with van der Waals surface area (Å²) in [6.45, 7) is 11.3. The van der Waals surface area contributed by atoms with Gasteiger partial charge in [-0.1, -0.05) is 31.5 Å². The van der Waals surface area contributed by atoms with E-state index in [1.807, 2.05) is 26.0 Å². The van der Waals surface area contributed by atoms with Crippen LogP contribution >= 0.6 is 0 Å². The Labute approximate surface area is 129 Å². The third kappa shape index (κ3) is 6.16. The zero-order valence-electron chi connectivity index (χ0n) is 13.6. The van der Waals surface area contributed by atoms with Gasteiger partial charge in [0, 0.05) is 6.04 Å². The fraction of sp³-hybridized carbons (Fsp3) is 0.625. The summed E-state index contributed by atoms with van der Waals surface area (Å²) in [5, 5.41) is 0. The lowest BCUT2D eigenvalue weighted by Crippen LogP contribution is -2.33. The van der Waals surface area contributed by atoms with Crippen LogP contribution in [0.25, 0.3) is 0 Å². The van der Waals surface area contributed by atoms with Gasteiger partial charge >= 0.3 is 0 Å². The molecular weight excluding hydrogens is 284 g/mol. The standard InChI is InChI=1S/C16H28N2O2S/c1-5-18(6-2)13-7-8-15(4)17-21(19,20)16-11-9-14(3)10-12-16/h9-12,15,17H,5-8,13H2,1-4H3/t15-/m1/s1. The predicted molar refractivity (Wildman–Crippen MR) is 88.0 cm³/mol. The molecule has 0 bridgehead atoms. The Morgan fingerprint density at radius 2 is 1.71 bits per heavy atom. The van der Waals surface area contributed by atoms with Crippen molar-refractivity contribution in [1.29, 1.82) is 0 Å². The largest absolute Gasteiger partial charge is 0.304 e. The number of rotatable bonds is 9. The molecule has 0 aliphatic rings. The normalized spacial score (nSPS) is 13.6. The molecule has 120 valence electrons. The Kier molecular flexibility index (Phi) is 7.35. The number of nitrogens with one attached hydrogen (secondary N) is 1. The van der Waals surface area contributed by atoms with Crippen LogP contribution in [0, 0.1) is 6.92 Å². The molecule has 0 spiro atoms. The molecule has 0 aliphatic heterocycles. The van der Waals surface area contributed by atoms with E-state index < -0.39 is 10.0 Å². The Morgan fingerprint density at radius 3 is 2.24 bits per heavy atom. The Hall–Kier alpha value is -0.910. The van der Waals surface area contributed by atoms with Crippen LogP contribution in [0.3, 0.4) is 0 Å². The molecular formula is C16H28N2O2S. The van der Waals surface area contributed by atoms with Crippen molar-refractivity contribution in [1.82, 2.24) is 9.62 Å². The zero-order valence-corrected chi connectivity index (χ0v) is 14.4. The molecule has 0 unspecified atom stereocenters. The van der Waals surface area contributed by atoms with Crippen molar-refractivity contribution in [2.24, 2.45) is 0 Å². The fourth-order valence-electron chi connectivity index (χ4n) is 2.27. The molecule has 0 fully saturated rings. The molecule has 1 aromatic carbocycles. The van der Waals surface area contributed by atoms with Crippen molar-refractivity contribution in [3.8, 4) is 0 Å². The molecule has 0 aromatic heterocycles. The second kappa shape index (κ2) is 8.51. The Morgan fingerprint density at radius 1 is 1.14 bits per heavy atom. The van der Waals surface area contributed by atoms with Gasteiger partial charge in [-0.15, -0.1) is 0 Å². The summed E-state index contributed by atoms with van der Waals surface area (Å²) in [5.41, 5.74) is 1.06. The lowest BCUT2D eigenvalue weighted by Gasteiger charge is -2.19. The summed E-state index contributed by atoms with van der Waals surface area (Å²) in [6.07, 6.45) is 1.85. The van der Waals surface area contributed by atoms with Crippen LogP contribution in [-0.2, 0) is 10.0 Å². The lowest BCUT2D eigenvalue weighted by molar-refractivity contribution is 0.293. The molecule has 1 aromatic rings. The van der Waals surface area contributed by atoms with E-state index >= 15 is 0 Å². The van der Waals surface area contributed by atoms with E-state index in [4.69, 9.17) is 0 Å².